The van der Waals surface area contributed by atoms with Crippen molar-refractivity contribution >= 4 is 11.6 Å². The van der Waals surface area contributed by atoms with Crippen molar-refractivity contribution in [2.75, 3.05) is 6.54 Å². The molecule has 1 rings (SSSR count). The SMILES string of the molecule is CCCCC(CC)CNCc1c(Cl)c(CC)nn1CC. The maximum atomic E-state index is 6.42. The van der Waals surface area contributed by atoms with Gasteiger partial charge in [-0.05, 0) is 32.2 Å². The standard InChI is InChI=1S/C16H30ClN3/c1-5-9-10-13(6-2)11-18-12-15-16(17)14(7-3)19-20(15)8-4/h13,18H,5-12H2,1-4H3. The molecule has 0 aliphatic carbocycles. The summed E-state index contributed by atoms with van der Waals surface area (Å²) in [4.78, 5) is 0. The van der Waals surface area contributed by atoms with E-state index in [0.717, 1.165) is 48.4 Å². The molecule has 116 valence electrons. The Balaban J connectivity index is 2.54. The summed E-state index contributed by atoms with van der Waals surface area (Å²) in [5, 5.41) is 8.98. The summed E-state index contributed by atoms with van der Waals surface area (Å²) in [5.74, 6) is 0.775. The number of hydrogen-bond acceptors (Lipinski definition) is 2. The zero-order chi connectivity index (χ0) is 15.0. The van der Waals surface area contributed by atoms with Gasteiger partial charge in [-0.3, -0.25) is 4.68 Å². The van der Waals surface area contributed by atoms with Crippen LogP contribution < -0.4 is 5.32 Å². The Morgan fingerprint density at radius 3 is 2.55 bits per heavy atom. The lowest BCUT2D eigenvalue weighted by Gasteiger charge is -2.15. The zero-order valence-corrected chi connectivity index (χ0v) is 14.3. The van der Waals surface area contributed by atoms with Gasteiger partial charge in [-0.2, -0.15) is 5.10 Å². The van der Waals surface area contributed by atoms with E-state index in [1.54, 1.807) is 0 Å². The maximum Gasteiger partial charge on any atom is 0.0863 e. The van der Waals surface area contributed by atoms with Crippen molar-refractivity contribution in [2.24, 2.45) is 5.92 Å². The van der Waals surface area contributed by atoms with Crippen LogP contribution in [0.4, 0.5) is 0 Å². The zero-order valence-electron chi connectivity index (χ0n) is 13.5. The quantitative estimate of drug-likeness (QED) is 0.693. The van der Waals surface area contributed by atoms with Crippen LogP contribution in [0, 0.1) is 5.92 Å². The summed E-state index contributed by atoms with van der Waals surface area (Å²) < 4.78 is 2.03. The second kappa shape index (κ2) is 9.41. The fourth-order valence-electron chi connectivity index (χ4n) is 2.52. The predicted octanol–water partition coefficient (Wildman–Crippen LogP) is 4.42. The van der Waals surface area contributed by atoms with Crippen molar-refractivity contribution < 1.29 is 0 Å². The van der Waals surface area contributed by atoms with Crippen molar-refractivity contribution in [1.82, 2.24) is 15.1 Å². The Morgan fingerprint density at radius 1 is 1.25 bits per heavy atom. The molecule has 1 heterocycles. The lowest BCUT2D eigenvalue weighted by Crippen LogP contribution is -2.23. The molecular formula is C16H30ClN3. The molecule has 1 aromatic heterocycles. The average Bonchev–Trinajstić information content (AvgIpc) is 2.78. The molecule has 0 amide bonds. The highest BCUT2D eigenvalue weighted by molar-refractivity contribution is 6.31. The molecule has 0 radical (unpaired) electrons. The van der Waals surface area contributed by atoms with E-state index in [1.165, 1.54) is 25.7 Å². The van der Waals surface area contributed by atoms with Crippen LogP contribution in [0.5, 0.6) is 0 Å². The van der Waals surface area contributed by atoms with Crippen LogP contribution in [-0.2, 0) is 19.5 Å². The van der Waals surface area contributed by atoms with Crippen LogP contribution >= 0.6 is 11.6 Å². The molecule has 4 heteroatoms. The Bertz CT molecular complexity index is 387. The summed E-state index contributed by atoms with van der Waals surface area (Å²) in [6, 6.07) is 0. The van der Waals surface area contributed by atoms with Gasteiger partial charge in [-0.1, -0.05) is 51.6 Å². The van der Waals surface area contributed by atoms with E-state index in [4.69, 9.17) is 11.6 Å². The summed E-state index contributed by atoms with van der Waals surface area (Å²) in [6.07, 6.45) is 6.07. The highest BCUT2D eigenvalue weighted by Crippen LogP contribution is 2.21. The third-order valence-electron chi connectivity index (χ3n) is 3.96. The van der Waals surface area contributed by atoms with Gasteiger partial charge < -0.3 is 5.32 Å². The fourth-order valence-corrected chi connectivity index (χ4v) is 2.86. The van der Waals surface area contributed by atoms with Gasteiger partial charge in [0.2, 0.25) is 0 Å². The maximum absolute atomic E-state index is 6.42. The first-order chi connectivity index (χ1) is 9.67. The van der Waals surface area contributed by atoms with Gasteiger partial charge in [0.05, 0.1) is 16.4 Å². The van der Waals surface area contributed by atoms with Gasteiger partial charge >= 0.3 is 0 Å². The molecule has 1 atom stereocenters. The number of rotatable bonds is 10. The number of aromatic nitrogens is 2. The molecule has 1 unspecified atom stereocenters. The summed E-state index contributed by atoms with van der Waals surface area (Å²) in [6.45, 7) is 11.5. The monoisotopic (exact) mass is 299 g/mol. The predicted molar refractivity (Wildman–Crippen MR) is 87.3 cm³/mol. The first-order valence-electron chi connectivity index (χ1n) is 8.12. The lowest BCUT2D eigenvalue weighted by molar-refractivity contribution is 0.414. The minimum absolute atomic E-state index is 0.775. The second-order valence-corrected chi connectivity index (χ2v) is 5.80. The lowest BCUT2D eigenvalue weighted by atomic mass is 9.99. The van der Waals surface area contributed by atoms with Crippen LogP contribution in [0.1, 0.15) is 64.8 Å². The Morgan fingerprint density at radius 2 is 2.00 bits per heavy atom. The van der Waals surface area contributed by atoms with Crippen LogP contribution in [0.15, 0.2) is 0 Å². The largest absolute Gasteiger partial charge is 0.311 e. The van der Waals surface area contributed by atoms with Crippen LogP contribution in [0.3, 0.4) is 0 Å². The summed E-state index contributed by atoms with van der Waals surface area (Å²) in [7, 11) is 0. The third-order valence-corrected chi connectivity index (χ3v) is 4.40. The van der Waals surface area contributed by atoms with Crippen molar-refractivity contribution in [2.45, 2.75) is 72.9 Å². The minimum Gasteiger partial charge on any atom is -0.311 e. The first-order valence-corrected chi connectivity index (χ1v) is 8.50. The number of nitrogens with one attached hydrogen (secondary N) is 1. The fraction of sp³-hybridized carbons (Fsp3) is 0.812. The van der Waals surface area contributed by atoms with Crippen LogP contribution in [0.2, 0.25) is 5.02 Å². The number of nitrogens with zero attached hydrogens (tertiary/aromatic N) is 2. The molecule has 20 heavy (non-hydrogen) atoms. The summed E-state index contributed by atoms with van der Waals surface area (Å²) >= 11 is 6.42. The van der Waals surface area contributed by atoms with E-state index in [0.29, 0.717) is 0 Å². The van der Waals surface area contributed by atoms with Crippen molar-refractivity contribution in [3.63, 3.8) is 0 Å². The number of aryl methyl sites for hydroxylation is 2. The Labute approximate surface area is 129 Å². The van der Waals surface area contributed by atoms with Crippen LogP contribution in [-0.4, -0.2) is 16.3 Å². The van der Waals surface area contributed by atoms with E-state index in [9.17, 15) is 0 Å². The molecule has 3 nitrogen and oxygen atoms in total. The van der Waals surface area contributed by atoms with Crippen molar-refractivity contribution in [3.05, 3.63) is 16.4 Å². The van der Waals surface area contributed by atoms with Crippen LogP contribution in [0.25, 0.3) is 0 Å². The average molecular weight is 300 g/mol. The van der Waals surface area contributed by atoms with Gasteiger partial charge in [0, 0.05) is 13.1 Å². The number of halogens is 1. The van der Waals surface area contributed by atoms with E-state index in [1.807, 2.05) is 4.68 Å². The van der Waals surface area contributed by atoms with E-state index in [-0.39, 0.29) is 0 Å². The molecule has 1 aromatic rings. The molecule has 0 spiro atoms. The molecule has 0 aliphatic heterocycles. The van der Waals surface area contributed by atoms with E-state index >= 15 is 0 Å². The van der Waals surface area contributed by atoms with Gasteiger partial charge in [-0.15, -0.1) is 0 Å². The van der Waals surface area contributed by atoms with Crippen molar-refractivity contribution in [3.8, 4) is 0 Å². The van der Waals surface area contributed by atoms with E-state index in [2.05, 4.69) is 38.1 Å². The molecule has 0 bridgehead atoms. The molecule has 0 aromatic carbocycles. The topological polar surface area (TPSA) is 29.9 Å². The van der Waals surface area contributed by atoms with Gasteiger partial charge in [0.25, 0.3) is 0 Å². The Hall–Kier alpha value is -0.540. The molecule has 0 saturated carbocycles. The van der Waals surface area contributed by atoms with Crippen molar-refractivity contribution in [1.29, 1.82) is 0 Å². The Kier molecular flexibility index (Phi) is 8.24. The minimum atomic E-state index is 0.775. The van der Waals surface area contributed by atoms with Gasteiger partial charge in [-0.25, -0.2) is 0 Å². The molecular weight excluding hydrogens is 270 g/mol. The normalized spacial score (nSPS) is 12.8. The molecule has 0 aliphatic rings. The third kappa shape index (κ3) is 4.78. The first kappa shape index (κ1) is 17.5. The molecule has 1 N–H and O–H groups in total. The number of unbranched alkanes of at least 4 members (excludes halogenated alkanes) is 1. The summed E-state index contributed by atoms with van der Waals surface area (Å²) in [5.41, 5.74) is 2.15. The second-order valence-electron chi connectivity index (χ2n) is 5.42. The molecule has 0 saturated heterocycles. The van der Waals surface area contributed by atoms with Gasteiger partial charge in [0.15, 0.2) is 0 Å². The highest BCUT2D eigenvalue weighted by Gasteiger charge is 2.14. The number of hydrogen-bond donors (Lipinski definition) is 1. The smallest absolute Gasteiger partial charge is 0.0863 e. The highest BCUT2D eigenvalue weighted by atomic mass is 35.5. The molecule has 0 fully saturated rings. The van der Waals surface area contributed by atoms with E-state index < -0.39 is 0 Å². The van der Waals surface area contributed by atoms with Gasteiger partial charge in [0.1, 0.15) is 0 Å².